The first-order chi connectivity index (χ1) is 42.5. The standard InChI is InChI=1S/C58H66O31/c1-77-34-13-24(14-35(78-2)43(34)68)6-12-41(66)88-53-42(67)31(64)21-80-57(53)89-54-49(74)46(71)39(22-79-40(65)11-5-23-3-8-27(9-4-23)81-55-50(75)47(72)44(69)37(19-59)85-55)87-58(54)84-36-18-28-32(82-52(36)25-7-10-29(62)30(63)15-25)16-26(61)17-33(28)83-56-51(76)48(73)45(70)38(20-60)86-56/h3-18,31,37-39,42,44-64,67-76H,19-22H2,1-2H3/p+1. The molecule has 20 unspecified atom stereocenters. The second kappa shape index (κ2) is 28.5. The van der Waals surface area contributed by atoms with Gasteiger partial charge in [-0.3, -0.25) is 0 Å². The number of benzene rings is 4. The maximum atomic E-state index is 13.5. The average molecular weight is 1260 g/mol. The van der Waals surface area contributed by atoms with E-state index in [-0.39, 0.29) is 56.9 Å². The zero-order chi connectivity index (χ0) is 64.1. The summed E-state index contributed by atoms with van der Waals surface area (Å²) in [7, 11) is 2.56. The van der Waals surface area contributed by atoms with Gasteiger partial charge in [0.05, 0.1) is 45.7 Å². The largest absolute Gasteiger partial charge is 0.571 e. The molecule has 4 fully saturated rings. The number of hydrogen-bond acceptors (Lipinski definition) is 30. The van der Waals surface area contributed by atoms with Crippen LogP contribution in [0.15, 0.2) is 84.6 Å². The molecule has 20 atom stereocenters. The molecule has 4 aromatic rings. The summed E-state index contributed by atoms with van der Waals surface area (Å²) < 4.78 is 73.4. The van der Waals surface area contributed by atoms with Crippen LogP contribution in [0.1, 0.15) is 28.4 Å². The van der Waals surface area contributed by atoms with Gasteiger partial charge in [0, 0.05) is 24.3 Å². The number of phenols is 4. The predicted octanol–water partition coefficient (Wildman–Crippen LogP) is -2.97. The van der Waals surface area contributed by atoms with E-state index in [2.05, 4.69) is 0 Å². The van der Waals surface area contributed by atoms with Gasteiger partial charge in [-0.1, -0.05) is 12.1 Å². The highest BCUT2D eigenvalue weighted by Gasteiger charge is 2.53. The fraction of sp³-hybridized carbons (Fsp3) is 0.448. The number of aliphatic hydroxyl groups is 13. The summed E-state index contributed by atoms with van der Waals surface area (Å²) in [5.41, 5.74) is 0.675. The highest BCUT2D eigenvalue weighted by Crippen LogP contribution is 2.48. The highest BCUT2D eigenvalue weighted by molar-refractivity contribution is 5.88. The minimum absolute atomic E-state index is 0.0169. The Morgan fingerprint density at radius 1 is 0.573 bits per heavy atom. The second-order valence-corrected chi connectivity index (χ2v) is 20.9. The number of aromatic hydroxyl groups is 5. The summed E-state index contributed by atoms with van der Waals surface area (Å²) >= 11 is 0. The first kappa shape index (κ1) is 65.8. The van der Waals surface area contributed by atoms with Crippen LogP contribution in [0.5, 0.6) is 51.7 Å². The first-order valence-electron chi connectivity index (χ1n) is 27.4. The molecule has 89 heavy (non-hydrogen) atoms. The Kier molecular flexibility index (Phi) is 21.0. The van der Waals surface area contributed by atoms with Crippen LogP contribution < -0.4 is 18.9 Å². The number of rotatable bonds is 20. The molecule has 484 valence electrons. The van der Waals surface area contributed by atoms with Crippen LogP contribution in [-0.2, 0) is 47.5 Å². The topological polar surface area (TPSA) is 481 Å². The van der Waals surface area contributed by atoms with Gasteiger partial charge in [-0.15, -0.1) is 0 Å². The Morgan fingerprint density at radius 2 is 1.17 bits per heavy atom. The number of fused-ring (bicyclic) bond motifs is 1. The van der Waals surface area contributed by atoms with Gasteiger partial charge in [-0.05, 0) is 65.7 Å². The van der Waals surface area contributed by atoms with Crippen molar-refractivity contribution >= 4 is 30.2 Å². The van der Waals surface area contributed by atoms with E-state index in [0.717, 1.165) is 30.4 Å². The number of ether oxygens (including phenoxy) is 13. The number of carbonyl (C=O) groups is 2. The Balaban J connectivity index is 1.01. The van der Waals surface area contributed by atoms with Gasteiger partial charge in [-0.25, -0.2) is 9.59 Å². The minimum atomic E-state index is -2.16. The molecule has 0 spiro atoms. The van der Waals surface area contributed by atoms with Crippen LogP contribution in [0, 0.1) is 0 Å². The zero-order valence-electron chi connectivity index (χ0n) is 46.9. The maximum absolute atomic E-state index is 13.5. The summed E-state index contributed by atoms with van der Waals surface area (Å²) in [6.07, 6.45) is -29.8. The molecular formula is C58H67O31+. The smallest absolute Gasteiger partial charge is 0.331 e. The predicted molar refractivity (Wildman–Crippen MR) is 294 cm³/mol. The van der Waals surface area contributed by atoms with Crippen molar-refractivity contribution in [2.75, 3.05) is 40.6 Å². The highest BCUT2D eigenvalue weighted by atomic mass is 16.8. The lowest BCUT2D eigenvalue weighted by atomic mass is 9.97. The van der Waals surface area contributed by atoms with Crippen LogP contribution in [0.2, 0.25) is 0 Å². The van der Waals surface area contributed by atoms with Crippen molar-refractivity contribution in [3.63, 3.8) is 0 Å². The molecule has 5 heterocycles. The van der Waals surface area contributed by atoms with E-state index in [4.69, 9.17) is 61.6 Å². The number of carbonyl (C=O) groups excluding carboxylic acids is 2. The number of phenolic OH excluding ortho intramolecular Hbond substituents is 4. The van der Waals surface area contributed by atoms with Gasteiger partial charge in [-0.2, -0.15) is 0 Å². The molecule has 5 aliphatic rings. The van der Waals surface area contributed by atoms with Crippen molar-refractivity contribution in [1.82, 2.24) is 0 Å². The molecule has 0 radical (unpaired) electrons. The Labute approximate surface area is 503 Å². The van der Waals surface area contributed by atoms with E-state index >= 15 is 0 Å². The van der Waals surface area contributed by atoms with E-state index in [1.165, 1.54) is 81.0 Å². The summed E-state index contributed by atoms with van der Waals surface area (Å²) in [6, 6.07) is 14.2. The van der Waals surface area contributed by atoms with Crippen molar-refractivity contribution in [3.05, 3.63) is 107 Å². The lowest BCUT2D eigenvalue weighted by Crippen LogP contribution is -2.63. The SMILES string of the molecule is COc1cc(C=CC(=O)OC2C(OC3C(OC4=Cc5c(OC6OC(CO)C(O)C(O)C6O)cc(O)cc5[OH+]C4c4ccc(O)c(O)c4)OC(COC(=O)C=Cc4ccc(OC5OC(CO)C(O)C(O)C5O)cc4)C(O)C3O)OCC(O)C2O)cc(OC)c1O. The average Bonchev–Trinajstić information content (AvgIpc) is 1.14. The van der Waals surface area contributed by atoms with Crippen molar-refractivity contribution in [2.24, 2.45) is 0 Å². The molecule has 0 saturated carbocycles. The van der Waals surface area contributed by atoms with Gasteiger partial charge in [0.25, 0.3) is 11.9 Å². The summed E-state index contributed by atoms with van der Waals surface area (Å²) in [4.78, 5) is 26.8. The Morgan fingerprint density at radius 3 is 1.79 bits per heavy atom. The normalized spacial score (nSPS) is 32.9. The molecule has 0 amide bonds. The molecule has 31 heteroatoms. The summed E-state index contributed by atoms with van der Waals surface area (Å²) in [6.45, 7) is -3.00. The summed E-state index contributed by atoms with van der Waals surface area (Å²) in [5.74, 6) is -4.80. The lowest BCUT2D eigenvalue weighted by Gasteiger charge is -2.45. The van der Waals surface area contributed by atoms with Crippen molar-refractivity contribution in [1.29, 1.82) is 0 Å². The van der Waals surface area contributed by atoms with E-state index in [1.807, 2.05) is 0 Å². The monoisotopic (exact) mass is 1260 g/mol. The van der Waals surface area contributed by atoms with Gasteiger partial charge < -0.3 is 143 Å². The Bertz CT molecular complexity index is 3160. The van der Waals surface area contributed by atoms with E-state index in [1.54, 1.807) is 0 Å². The van der Waals surface area contributed by atoms with E-state index < -0.39 is 178 Å². The fourth-order valence-electron chi connectivity index (χ4n) is 9.97. The fourth-order valence-corrected chi connectivity index (χ4v) is 9.97. The Hall–Kier alpha value is -7.64. The number of hydrogen-bond donors (Lipinski definition) is 16. The van der Waals surface area contributed by atoms with Crippen LogP contribution in [0.4, 0.5) is 0 Å². The lowest BCUT2D eigenvalue weighted by molar-refractivity contribution is -0.353. The van der Waals surface area contributed by atoms with Gasteiger partial charge in [0.1, 0.15) is 109 Å². The van der Waals surface area contributed by atoms with Crippen LogP contribution >= 0.6 is 0 Å². The van der Waals surface area contributed by atoms with Crippen molar-refractivity contribution < 1.29 is 153 Å². The zero-order valence-corrected chi connectivity index (χ0v) is 46.9. The number of esters is 2. The van der Waals surface area contributed by atoms with E-state index in [9.17, 15) is 91.3 Å². The van der Waals surface area contributed by atoms with Gasteiger partial charge in [0.15, 0.2) is 47.3 Å². The second-order valence-electron chi connectivity index (χ2n) is 20.9. The summed E-state index contributed by atoms with van der Waals surface area (Å²) in [5, 5.41) is 170. The molecule has 9 rings (SSSR count). The third-order valence-electron chi connectivity index (χ3n) is 14.9. The van der Waals surface area contributed by atoms with E-state index in [0.29, 0.717) is 5.56 Å². The molecular weight excluding hydrogens is 1190 g/mol. The minimum Gasteiger partial charge on any atom is -0.571 e. The quantitative estimate of drug-likeness (QED) is 0.0182. The molecule has 5 aliphatic heterocycles. The van der Waals surface area contributed by atoms with Crippen LogP contribution in [0.25, 0.3) is 18.2 Å². The van der Waals surface area contributed by atoms with Gasteiger partial charge in [0.2, 0.25) is 24.6 Å². The molecule has 4 saturated heterocycles. The molecule has 4 aromatic carbocycles. The number of methoxy groups -OCH3 is 2. The van der Waals surface area contributed by atoms with Gasteiger partial charge >= 0.3 is 11.9 Å². The van der Waals surface area contributed by atoms with Crippen LogP contribution in [0.3, 0.4) is 0 Å². The van der Waals surface area contributed by atoms with Crippen molar-refractivity contribution in [3.8, 4) is 51.7 Å². The molecule has 0 aromatic heterocycles. The van der Waals surface area contributed by atoms with Crippen LogP contribution in [-0.4, -0.2) is 256 Å². The first-order valence-corrected chi connectivity index (χ1v) is 27.4. The molecule has 17 N–H and O–H groups in total. The van der Waals surface area contributed by atoms with Crippen molar-refractivity contribution in [2.45, 2.75) is 123 Å². The third kappa shape index (κ3) is 14.7. The maximum Gasteiger partial charge on any atom is 0.331 e. The third-order valence-corrected chi connectivity index (χ3v) is 14.9. The molecule has 0 bridgehead atoms. The molecule has 31 nitrogen and oxygen atoms in total. The number of aliphatic hydroxyl groups excluding tert-OH is 12. The molecule has 0 aliphatic carbocycles.